The third-order valence-corrected chi connectivity index (χ3v) is 5.38. The van der Waals surface area contributed by atoms with Crippen LogP contribution in [-0.4, -0.2) is 46.5 Å². The molecule has 1 unspecified atom stereocenters. The molecule has 4 rings (SSSR count). The van der Waals surface area contributed by atoms with E-state index in [1.807, 2.05) is 39.1 Å². The molecule has 1 aliphatic heterocycles. The Kier molecular flexibility index (Phi) is 5.38. The lowest BCUT2D eigenvalue weighted by atomic mass is 10.0. The van der Waals surface area contributed by atoms with Crippen molar-refractivity contribution < 1.29 is 9.53 Å². The number of esters is 1. The number of hydrogen-bond acceptors (Lipinski definition) is 6. The molecule has 3 heterocycles. The smallest absolute Gasteiger partial charge is 0.341 e. The molecule has 1 atom stereocenters. The van der Waals surface area contributed by atoms with Gasteiger partial charge in [-0.3, -0.25) is 4.68 Å². The molecule has 1 saturated heterocycles. The first kappa shape index (κ1) is 19.2. The maximum absolute atomic E-state index is 12.7. The summed E-state index contributed by atoms with van der Waals surface area (Å²) in [6.07, 6.45) is 3.75. The van der Waals surface area contributed by atoms with Crippen molar-refractivity contribution in [3.05, 3.63) is 47.8 Å². The van der Waals surface area contributed by atoms with Crippen LogP contribution in [0.1, 0.15) is 35.8 Å². The van der Waals surface area contributed by atoms with Gasteiger partial charge in [-0.15, -0.1) is 0 Å². The number of rotatable bonds is 5. The minimum absolute atomic E-state index is 0.293. The number of ether oxygens (including phenoxy) is 1. The number of nitrogens with one attached hydrogen (secondary N) is 1. The molecule has 0 bridgehead atoms. The van der Waals surface area contributed by atoms with E-state index < -0.39 is 0 Å². The summed E-state index contributed by atoms with van der Waals surface area (Å²) in [4.78, 5) is 19.5. The van der Waals surface area contributed by atoms with E-state index >= 15 is 0 Å². The summed E-state index contributed by atoms with van der Waals surface area (Å²) >= 11 is 0. The van der Waals surface area contributed by atoms with Crippen molar-refractivity contribution >= 4 is 28.4 Å². The van der Waals surface area contributed by atoms with Crippen molar-refractivity contribution in [1.29, 1.82) is 0 Å². The third-order valence-electron chi connectivity index (χ3n) is 5.38. The average Bonchev–Trinajstić information content (AvgIpc) is 3.02. The van der Waals surface area contributed by atoms with Crippen molar-refractivity contribution in [1.82, 2.24) is 14.8 Å². The highest BCUT2D eigenvalue weighted by Gasteiger charge is 2.28. The van der Waals surface area contributed by atoms with E-state index in [1.54, 1.807) is 10.9 Å². The minimum atomic E-state index is -0.335. The Hall–Kier alpha value is -3.09. The van der Waals surface area contributed by atoms with Gasteiger partial charge in [0.05, 0.1) is 23.4 Å². The van der Waals surface area contributed by atoms with Crippen LogP contribution in [-0.2, 0) is 11.8 Å². The average molecular weight is 393 g/mol. The number of fused-ring (bicyclic) bond motifs is 1. The highest BCUT2D eigenvalue weighted by atomic mass is 16.5. The summed E-state index contributed by atoms with van der Waals surface area (Å²) in [5, 5.41) is 9.10. The van der Waals surface area contributed by atoms with Gasteiger partial charge in [-0.05, 0) is 38.8 Å². The Bertz CT molecular complexity index is 1010. The lowest BCUT2D eigenvalue weighted by molar-refractivity contribution is 0.0526. The molecule has 1 aliphatic rings. The molecule has 0 amide bonds. The van der Waals surface area contributed by atoms with Gasteiger partial charge < -0.3 is 15.0 Å². The first-order valence-electron chi connectivity index (χ1n) is 10.1. The molecule has 3 aromatic rings. The third kappa shape index (κ3) is 3.77. The second-order valence-electron chi connectivity index (χ2n) is 7.44. The predicted molar refractivity (Wildman–Crippen MR) is 115 cm³/mol. The highest BCUT2D eigenvalue weighted by molar-refractivity contribution is 6.05. The zero-order valence-electron chi connectivity index (χ0n) is 17.2. The second-order valence-corrected chi connectivity index (χ2v) is 7.44. The standard InChI is InChI=1S/C22H27N5O2/c1-4-29-22(28)18-13-23-21-19(15(2)25-26(21)3)20(18)27-12-8-11-17(14-27)24-16-9-6-5-7-10-16/h5-7,9-10,13,17,24H,4,8,11-12,14H2,1-3H3. The minimum Gasteiger partial charge on any atom is -0.462 e. The summed E-state index contributed by atoms with van der Waals surface area (Å²) < 4.78 is 7.10. The summed E-state index contributed by atoms with van der Waals surface area (Å²) in [6.45, 7) is 5.80. The molecular formula is C22H27N5O2. The zero-order valence-corrected chi connectivity index (χ0v) is 17.2. The van der Waals surface area contributed by atoms with Crippen molar-refractivity contribution in [2.24, 2.45) is 7.05 Å². The fourth-order valence-corrected chi connectivity index (χ4v) is 4.15. The van der Waals surface area contributed by atoms with Crippen molar-refractivity contribution in [3.8, 4) is 0 Å². The van der Waals surface area contributed by atoms with Crippen LogP contribution in [0.25, 0.3) is 11.0 Å². The molecule has 1 N–H and O–H groups in total. The molecule has 2 aromatic heterocycles. The summed E-state index contributed by atoms with van der Waals surface area (Å²) in [7, 11) is 1.88. The van der Waals surface area contributed by atoms with Gasteiger partial charge in [0, 0.05) is 38.1 Å². The lowest BCUT2D eigenvalue weighted by Gasteiger charge is -2.36. The number of carbonyl (C=O) groups is 1. The van der Waals surface area contributed by atoms with Crippen LogP contribution in [0.4, 0.5) is 11.4 Å². The number of piperidine rings is 1. The van der Waals surface area contributed by atoms with Crippen LogP contribution in [0.3, 0.4) is 0 Å². The van der Waals surface area contributed by atoms with E-state index in [2.05, 4.69) is 32.4 Å². The van der Waals surface area contributed by atoms with E-state index in [1.165, 1.54) is 0 Å². The Morgan fingerprint density at radius 1 is 1.31 bits per heavy atom. The van der Waals surface area contributed by atoms with Crippen molar-refractivity contribution in [2.45, 2.75) is 32.7 Å². The van der Waals surface area contributed by atoms with Crippen molar-refractivity contribution in [3.63, 3.8) is 0 Å². The van der Waals surface area contributed by atoms with E-state index in [-0.39, 0.29) is 5.97 Å². The number of pyridine rings is 1. The molecule has 0 aliphatic carbocycles. The molecule has 0 radical (unpaired) electrons. The van der Waals surface area contributed by atoms with Gasteiger partial charge in [0.1, 0.15) is 5.56 Å². The number of hydrogen-bond donors (Lipinski definition) is 1. The molecule has 0 saturated carbocycles. The van der Waals surface area contributed by atoms with Crippen LogP contribution >= 0.6 is 0 Å². The van der Waals surface area contributed by atoms with Gasteiger partial charge in [-0.2, -0.15) is 5.10 Å². The molecule has 152 valence electrons. The number of carbonyl (C=O) groups excluding carboxylic acids is 1. The zero-order chi connectivity index (χ0) is 20.4. The normalized spacial score (nSPS) is 16.8. The summed E-state index contributed by atoms with van der Waals surface area (Å²) in [6, 6.07) is 10.5. The molecule has 7 nitrogen and oxygen atoms in total. The van der Waals surface area contributed by atoms with Crippen molar-refractivity contribution in [2.75, 3.05) is 29.9 Å². The first-order chi connectivity index (χ1) is 14.1. The van der Waals surface area contributed by atoms with E-state index in [4.69, 9.17) is 4.74 Å². The fourth-order valence-electron chi connectivity index (χ4n) is 4.15. The monoisotopic (exact) mass is 393 g/mol. The van der Waals surface area contributed by atoms with E-state index in [0.29, 0.717) is 18.2 Å². The van der Waals surface area contributed by atoms with Gasteiger partial charge in [-0.25, -0.2) is 9.78 Å². The van der Waals surface area contributed by atoms with Crippen LogP contribution < -0.4 is 10.2 Å². The molecule has 29 heavy (non-hydrogen) atoms. The maximum Gasteiger partial charge on any atom is 0.341 e. The Balaban J connectivity index is 1.72. The highest BCUT2D eigenvalue weighted by Crippen LogP contribution is 2.34. The van der Waals surface area contributed by atoms with E-state index in [9.17, 15) is 4.79 Å². The number of nitrogens with zero attached hydrogens (tertiary/aromatic N) is 4. The summed E-state index contributed by atoms with van der Waals surface area (Å²) in [5.41, 5.74) is 4.16. The number of anilines is 2. The Labute approximate surface area is 170 Å². The molecule has 7 heteroatoms. The number of para-hydroxylation sites is 1. The van der Waals surface area contributed by atoms with Gasteiger partial charge >= 0.3 is 5.97 Å². The molecular weight excluding hydrogens is 366 g/mol. The number of benzene rings is 1. The van der Waals surface area contributed by atoms with Crippen LogP contribution in [0, 0.1) is 6.92 Å². The SMILES string of the molecule is CCOC(=O)c1cnc2c(c(C)nn2C)c1N1CCCC(Nc2ccccc2)C1. The number of aromatic nitrogens is 3. The molecule has 1 aromatic carbocycles. The lowest BCUT2D eigenvalue weighted by Crippen LogP contribution is -2.43. The van der Waals surface area contributed by atoms with Crippen LogP contribution in [0.15, 0.2) is 36.5 Å². The van der Waals surface area contributed by atoms with E-state index in [0.717, 1.165) is 54.0 Å². The van der Waals surface area contributed by atoms with Crippen LogP contribution in [0.2, 0.25) is 0 Å². The van der Waals surface area contributed by atoms with Crippen LogP contribution in [0.5, 0.6) is 0 Å². The second kappa shape index (κ2) is 8.11. The fraction of sp³-hybridized carbons (Fsp3) is 0.409. The number of aryl methyl sites for hydroxylation is 2. The quantitative estimate of drug-likeness (QED) is 0.669. The van der Waals surface area contributed by atoms with Gasteiger partial charge in [0.2, 0.25) is 0 Å². The molecule has 1 fully saturated rings. The Morgan fingerprint density at radius 3 is 2.86 bits per heavy atom. The van der Waals surface area contributed by atoms with Gasteiger partial charge in [0.25, 0.3) is 0 Å². The Morgan fingerprint density at radius 2 is 2.10 bits per heavy atom. The van der Waals surface area contributed by atoms with Gasteiger partial charge in [-0.1, -0.05) is 18.2 Å². The first-order valence-corrected chi connectivity index (χ1v) is 10.1. The van der Waals surface area contributed by atoms with Gasteiger partial charge in [0.15, 0.2) is 5.65 Å². The topological polar surface area (TPSA) is 72.3 Å². The predicted octanol–water partition coefficient (Wildman–Crippen LogP) is 3.53. The molecule has 0 spiro atoms. The largest absolute Gasteiger partial charge is 0.462 e. The summed E-state index contributed by atoms with van der Waals surface area (Å²) in [5.74, 6) is -0.335. The maximum atomic E-state index is 12.7.